The van der Waals surface area contributed by atoms with E-state index in [0.29, 0.717) is 0 Å². The van der Waals surface area contributed by atoms with Crippen LogP contribution in [0.2, 0.25) is 0 Å². The Bertz CT molecular complexity index is 2430. The van der Waals surface area contributed by atoms with Crippen LogP contribution >= 0.6 is 0 Å². The molecule has 40 heavy (non-hydrogen) atoms. The first kappa shape index (κ1) is 21.5. The largest absolute Gasteiger partial charge is 0.456 e. The van der Waals surface area contributed by atoms with Crippen molar-refractivity contribution in [1.29, 1.82) is 0 Å². The van der Waals surface area contributed by atoms with Crippen LogP contribution in [0.25, 0.3) is 82.2 Å². The summed E-state index contributed by atoms with van der Waals surface area (Å²) < 4.78 is 9.02. The number of hydrogen-bond acceptors (Lipinski definition) is 2. The van der Waals surface area contributed by atoms with Gasteiger partial charge in [0.1, 0.15) is 11.2 Å². The summed E-state index contributed by atoms with van der Waals surface area (Å²) in [6.07, 6.45) is 1.85. The second kappa shape index (κ2) is 8.05. The number of furan rings is 1. The molecule has 0 amide bonds. The van der Waals surface area contributed by atoms with Crippen molar-refractivity contribution in [2.24, 2.45) is 0 Å². The van der Waals surface area contributed by atoms with E-state index in [0.717, 1.165) is 38.9 Å². The molecule has 0 aliphatic rings. The lowest BCUT2D eigenvalue weighted by Gasteiger charge is -2.13. The number of pyridine rings is 1. The van der Waals surface area contributed by atoms with Crippen LogP contribution in [-0.4, -0.2) is 9.55 Å². The van der Waals surface area contributed by atoms with E-state index in [1.165, 1.54) is 43.4 Å². The number of rotatable bonds is 2. The summed E-state index contributed by atoms with van der Waals surface area (Å²) in [4.78, 5) is 4.67. The third-order valence-corrected chi connectivity index (χ3v) is 8.20. The maximum atomic E-state index is 6.61. The van der Waals surface area contributed by atoms with Gasteiger partial charge in [-0.2, -0.15) is 0 Å². The van der Waals surface area contributed by atoms with Gasteiger partial charge in [0.05, 0.1) is 22.4 Å². The number of aromatic nitrogens is 2. The molecule has 3 aromatic heterocycles. The fraction of sp³-hybridized carbons (Fsp3) is 0. The van der Waals surface area contributed by atoms with Crippen LogP contribution in [0.3, 0.4) is 0 Å². The van der Waals surface area contributed by atoms with Gasteiger partial charge in [-0.25, -0.2) is 0 Å². The highest BCUT2D eigenvalue weighted by Gasteiger charge is 2.20. The van der Waals surface area contributed by atoms with Gasteiger partial charge in [-0.1, -0.05) is 84.9 Å². The van der Waals surface area contributed by atoms with Crippen LogP contribution in [0, 0.1) is 0 Å². The summed E-state index contributed by atoms with van der Waals surface area (Å²) in [5.74, 6) is 0. The first-order valence-corrected chi connectivity index (χ1v) is 13.6. The molecule has 9 aromatic rings. The van der Waals surface area contributed by atoms with Crippen LogP contribution in [-0.2, 0) is 0 Å². The van der Waals surface area contributed by atoms with E-state index in [2.05, 4.69) is 125 Å². The third-order valence-electron chi connectivity index (χ3n) is 8.20. The second-order valence-corrected chi connectivity index (χ2v) is 10.4. The van der Waals surface area contributed by atoms with E-state index in [1.54, 1.807) is 0 Å². The SMILES string of the molecule is c1ccc(-c2cccc3oc4cc(-n5c6ccccc6c6cc7ccccc7cc65)c5ccccc5c4c23)nc1. The third kappa shape index (κ3) is 2.92. The first-order chi connectivity index (χ1) is 19.8. The predicted octanol–water partition coefficient (Wildman–Crippen LogP) is 10.1. The monoisotopic (exact) mass is 510 g/mol. The van der Waals surface area contributed by atoms with Crippen LogP contribution in [0.4, 0.5) is 0 Å². The van der Waals surface area contributed by atoms with Gasteiger partial charge in [0.25, 0.3) is 0 Å². The molecule has 6 aromatic carbocycles. The quantitative estimate of drug-likeness (QED) is 0.232. The van der Waals surface area contributed by atoms with Crippen molar-refractivity contribution in [3.05, 3.63) is 134 Å². The average Bonchev–Trinajstić information content (AvgIpc) is 3.55. The fourth-order valence-corrected chi connectivity index (χ4v) is 6.50. The first-order valence-electron chi connectivity index (χ1n) is 13.6. The molecule has 186 valence electrons. The maximum Gasteiger partial charge on any atom is 0.138 e. The van der Waals surface area contributed by atoms with Crippen molar-refractivity contribution >= 4 is 65.3 Å². The number of benzene rings is 6. The summed E-state index contributed by atoms with van der Waals surface area (Å²) in [6, 6.07) is 45.1. The van der Waals surface area contributed by atoms with Gasteiger partial charge in [0.2, 0.25) is 0 Å². The fourth-order valence-electron chi connectivity index (χ4n) is 6.50. The Balaban J connectivity index is 1.46. The van der Waals surface area contributed by atoms with E-state index < -0.39 is 0 Å². The Hall–Kier alpha value is -5.41. The normalized spacial score (nSPS) is 12.0. The smallest absolute Gasteiger partial charge is 0.138 e. The van der Waals surface area contributed by atoms with Gasteiger partial charge < -0.3 is 8.98 Å². The molecule has 0 fully saturated rings. The van der Waals surface area contributed by atoms with Gasteiger partial charge >= 0.3 is 0 Å². The molecule has 0 spiro atoms. The summed E-state index contributed by atoms with van der Waals surface area (Å²) in [7, 11) is 0. The minimum atomic E-state index is 0.869. The van der Waals surface area contributed by atoms with Crippen LogP contribution in [0.1, 0.15) is 0 Å². The number of nitrogens with zero attached hydrogens (tertiary/aromatic N) is 2. The van der Waals surface area contributed by atoms with Gasteiger partial charge in [-0.3, -0.25) is 4.98 Å². The van der Waals surface area contributed by atoms with Crippen molar-refractivity contribution < 1.29 is 4.42 Å². The molecule has 0 N–H and O–H groups in total. The van der Waals surface area contributed by atoms with Gasteiger partial charge in [-0.15, -0.1) is 0 Å². The minimum Gasteiger partial charge on any atom is -0.456 e. The summed E-state index contributed by atoms with van der Waals surface area (Å²) in [5, 5.41) is 9.56. The molecule has 3 heteroatoms. The topological polar surface area (TPSA) is 31.0 Å². The molecule has 0 aliphatic carbocycles. The standard InChI is InChI=1S/C37H22N2O/c1-2-11-24-21-32-29(20-23(24)10-1)26-13-5-6-17-31(26)39(32)33-22-35-36(27-14-4-3-12-25(27)33)37-28(15-9-18-34(37)40-35)30-16-7-8-19-38-30/h1-22H. The zero-order chi connectivity index (χ0) is 26.2. The zero-order valence-corrected chi connectivity index (χ0v) is 21.5. The Morgan fingerprint density at radius 1 is 0.500 bits per heavy atom. The second-order valence-electron chi connectivity index (χ2n) is 10.4. The van der Waals surface area contributed by atoms with Crippen molar-refractivity contribution in [1.82, 2.24) is 9.55 Å². The van der Waals surface area contributed by atoms with E-state index >= 15 is 0 Å². The minimum absolute atomic E-state index is 0.869. The lowest BCUT2D eigenvalue weighted by atomic mass is 9.98. The highest BCUT2D eigenvalue weighted by atomic mass is 16.3. The van der Waals surface area contributed by atoms with Crippen molar-refractivity contribution in [3.63, 3.8) is 0 Å². The maximum absolute atomic E-state index is 6.61. The molecular formula is C37H22N2O. The molecule has 3 heterocycles. The molecule has 3 nitrogen and oxygen atoms in total. The Morgan fingerprint density at radius 3 is 2.10 bits per heavy atom. The van der Waals surface area contributed by atoms with Gasteiger partial charge in [-0.05, 0) is 52.6 Å². The summed E-state index contributed by atoms with van der Waals surface area (Å²) in [5.41, 5.74) is 7.25. The van der Waals surface area contributed by atoms with E-state index in [1.807, 2.05) is 18.3 Å². The average molecular weight is 511 g/mol. The molecule has 0 radical (unpaired) electrons. The van der Waals surface area contributed by atoms with Crippen molar-refractivity contribution in [2.75, 3.05) is 0 Å². The van der Waals surface area contributed by atoms with E-state index in [-0.39, 0.29) is 0 Å². The van der Waals surface area contributed by atoms with Crippen molar-refractivity contribution in [3.8, 4) is 16.9 Å². The molecule has 0 saturated carbocycles. The Morgan fingerprint density at radius 2 is 1.25 bits per heavy atom. The highest BCUT2D eigenvalue weighted by Crippen LogP contribution is 2.43. The van der Waals surface area contributed by atoms with Crippen LogP contribution < -0.4 is 0 Å². The molecule has 0 unspecified atom stereocenters. The van der Waals surface area contributed by atoms with Crippen LogP contribution in [0.15, 0.2) is 138 Å². The lowest BCUT2D eigenvalue weighted by Crippen LogP contribution is -1.96. The highest BCUT2D eigenvalue weighted by molar-refractivity contribution is 6.25. The molecular weight excluding hydrogens is 488 g/mol. The molecule has 0 saturated heterocycles. The predicted molar refractivity (Wildman–Crippen MR) is 166 cm³/mol. The van der Waals surface area contributed by atoms with Gasteiger partial charge in [0.15, 0.2) is 0 Å². The molecule has 9 rings (SSSR count). The lowest BCUT2D eigenvalue weighted by molar-refractivity contribution is 0.669. The Labute approximate surface area is 229 Å². The van der Waals surface area contributed by atoms with Crippen LogP contribution in [0.5, 0.6) is 0 Å². The molecule has 0 atom stereocenters. The number of fused-ring (bicyclic) bond motifs is 9. The van der Waals surface area contributed by atoms with Gasteiger partial charge in [0, 0.05) is 44.8 Å². The molecule has 0 aliphatic heterocycles. The molecule has 0 bridgehead atoms. The van der Waals surface area contributed by atoms with E-state index in [9.17, 15) is 0 Å². The summed E-state index contributed by atoms with van der Waals surface area (Å²) in [6.45, 7) is 0. The zero-order valence-electron chi connectivity index (χ0n) is 21.5. The number of hydrogen-bond donors (Lipinski definition) is 0. The Kier molecular flexibility index (Phi) is 4.33. The number of para-hydroxylation sites is 1. The van der Waals surface area contributed by atoms with E-state index in [4.69, 9.17) is 4.42 Å². The summed E-state index contributed by atoms with van der Waals surface area (Å²) >= 11 is 0. The van der Waals surface area contributed by atoms with Crippen molar-refractivity contribution in [2.45, 2.75) is 0 Å².